The Kier molecular flexibility index (Phi) is 2.73. The van der Waals surface area contributed by atoms with Crippen LogP contribution in [0.15, 0.2) is 12.1 Å². The first-order valence-electron chi connectivity index (χ1n) is 3.80. The fraction of sp³-hybridized carbons (Fsp3) is 0.100. The molecule has 0 bridgehead atoms. The second-order valence-corrected chi connectivity index (χ2v) is 2.71. The predicted molar refractivity (Wildman–Crippen MR) is 46.5 cm³/mol. The summed E-state index contributed by atoms with van der Waals surface area (Å²) < 4.78 is 13.3. The highest BCUT2D eigenvalue weighted by Gasteiger charge is 2.13. The molecular weight excluding hydrogens is 185 g/mol. The van der Waals surface area contributed by atoms with E-state index in [2.05, 4.69) is 0 Å². The van der Waals surface area contributed by atoms with Crippen LogP contribution in [0.4, 0.5) is 4.39 Å². The zero-order valence-electron chi connectivity index (χ0n) is 7.37. The number of carbonyl (C=O) groups excluding carboxylic acids is 2. The van der Waals surface area contributed by atoms with Gasteiger partial charge in [0.2, 0.25) is 0 Å². The number of rotatable bonds is 2. The highest BCUT2D eigenvalue weighted by molar-refractivity contribution is 5.96. The van der Waals surface area contributed by atoms with Gasteiger partial charge in [-0.25, -0.2) is 4.39 Å². The SMILES string of the molecule is CC(=O)c1cc(C#N)cc(C=O)c1F. The summed E-state index contributed by atoms with van der Waals surface area (Å²) in [7, 11) is 0. The van der Waals surface area contributed by atoms with E-state index < -0.39 is 11.6 Å². The number of hydrogen-bond donors (Lipinski definition) is 0. The van der Waals surface area contributed by atoms with Gasteiger partial charge >= 0.3 is 0 Å². The van der Waals surface area contributed by atoms with Crippen LogP contribution in [-0.2, 0) is 0 Å². The maximum absolute atomic E-state index is 13.3. The molecule has 1 rings (SSSR count). The van der Waals surface area contributed by atoms with Gasteiger partial charge in [0.15, 0.2) is 12.1 Å². The number of halogens is 1. The Morgan fingerprint density at radius 2 is 2.21 bits per heavy atom. The van der Waals surface area contributed by atoms with E-state index in [4.69, 9.17) is 5.26 Å². The van der Waals surface area contributed by atoms with E-state index in [1.165, 1.54) is 6.92 Å². The number of Topliss-reactive ketones (excluding diaryl/α,β-unsaturated/α-hetero) is 1. The second kappa shape index (κ2) is 3.79. The van der Waals surface area contributed by atoms with E-state index >= 15 is 0 Å². The molecule has 0 unspecified atom stereocenters. The fourth-order valence-electron chi connectivity index (χ4n) is 1.05. The molecule has 0 amide bonds. The minimum absolute atomic E-state index is 0.0960. The van der Waals surface area contributed by atoms with Crippen molar-refractivity contribution in [1.82, 2.24) is 0 Å². The molecule has 0 aliphatic rings. The van der Waals surface area contributed by atoms with Gasteiger partial charge in [-0.3, -0.25) is 9.59 Å². The number of aldehydes is 1. The Morgan fingerprint density at radius 3 is 2.64 bits per heavy atom. The van der Waals surface area contributed by atoms with Gasteiger partial charge in [0.05, 0.1) is 22.8 Å². The van der Waals surface area contributed by atoms with Crippen LogP contribution in [0.5, 0.6) is 0 Å². The Morgan fingerprint density at radius 1 is 1.57 bits per heavy atom. The first kappa shape index (κ1) is 10.1. The molecule has 0 aliphatic heterocycles. The average molecular weight is 191 g/mol. The molecular formula is C10H6FNO2. The van der Waals surface area contributed by atoms with Crippen LogP contribution in [0.1, 0.15) is 33.2 Å². The third-order valence-electron chi connectivity index (χ3n) is 1.74. The molecule has 14 heavy (non-hydrogen) atoms. The molecule has 0 aromatic heterocycles. The van der Waals surface area contributed by atoms with Crippen molar-refractivity contribution in [1.29, 1.82) is 5.26 Å². The van der Waals surface area contributed by atoms with Gasteiger partial charge in [-0.2, -0.15) is 5.26 Å². The largest absolute Gasteiger partial charge is 0.298 e. The highest BCUT2D eigenvalue weighted by atomic mass is 19.1. The summed E-state index contributed by atoms with van der Waals surface area (Å²) in [5, 5.41) is 8.56. The summed E-state index contributed by atoms with van der Waals surface area (Å²) in [5.74, 6) is -1.38. The van der Waals surface area contributed by atoms with E-state index in [1.807, 2.05) is 0 Å². The molecule has 1 aromatic rings. The Hall–Kier alpha value is -2.02. The number of hydrogen-bond acceptors (Lipinski definition) is 3. The van der Waals surface area contributed by atoms with Crippen molar-refractivity contribution in [2.75, 3.05) is 0 Å². The monoisotopic (exact) mass is 191 g/mol. The topological polar surface area (TPSA) is 57.9 Å². The zero-order valence-corrected chi connectivity index (χ0v) is 7.37. The van der Waals surface area contributed by atoms with E-state index in [1.54, 1.807) is 6.07 Å². The lowest BCUT2D eigenvalue weighted by Crippen LogP contribution is -2.02. The molecule has 0 saturated heterocycles. The van der Waals surface area contributed by atoms with Gasteiger partial charge in [-0.1, -0.05) is 0 Å². The van der Waals surface area contributed by atoms with Crippen LogP contribution in [0.2, 0.25) is 0 Å². The minimum Gasteiger partial charge on any atom is -0.298 e. The smallest absolute Gasteiger partial charge is 0.162 e. The fourth-order valence-corrected chi connectivity index (χ4v) is 1.05. The van der Waals surface area contributed by atoms with Crippen molar-refractivity contribution < 1.29 is 14.0 Å². The van der Waals surface area contributed by atoms with Crippen LogP contribution >= 0.6 is 0 Å². The van der Waals surface area contributed by atoms with E-state index in [-0.39, 0.29) is 23.0 Å². The molecule has 4 heteroatoms. The molecule has 0 atom stereocenters. The molecule has 3 nitrogen and oxygen atoms in total. The first-order chi connectivity index (χ1) is 6.60. The molecule has 0 aliphatic carbocycles. The molecule has 0 fully saturated rings. The normalized spacial score (nSPS) is 9.21. The van der Waals surface area contributed by atoms with Crippen molar-refractivity contribution in [3.05, 3.63) is 34.6 Å². The third kappa shape index (κ3) is 1.67. The standard InChI is InChI=1S/C10H6FNO2/c1-6(14)9-3-7(4-12)2-8(5-13)10(9)11/h2-3,5H,1H3. The van der Waals surface area contributed by atoms with Crippen LogP contribution in [-0.4, -0.2) is 12.1 Å². The van der Waals surface area contributed by atoms with Crippen molar-refractivity contribution >= 4 is 12.1 Å². The number of nitriles is 1. The number of carbonyl (C=O) groups is 2. The number of ketones is 1. The van der Waals surface area contributed by atoms with E-state index in [9.17, 15) is 14.0 Å². The van der Waals surface area contributed by atoms with E-state index in [0.717, 1.165) is 12.1 Å². The maximum atomic E-state index is 13.3. The van der Waals surface area contributed by atoms with Crippen molar-refractivity contribution in [2.24, 2.45) is 0 Å². The van der Waals surface area contributed by atoms with Gasteiger partial charge in [0, 0.05) is 0 Å². The van der Waals surface area contributed by atoms with Gasteiger partial charge < -0.3 is 0 Å². The van der Waals surface area contributed by atoms with Crippen LogP contribution in [0.25, 0.3) is 0 Å². The Bertz CT molecular complexity index is 446. The van der Waals surface area contributed by atoms with Crippen molar-refractivity contribution in [3.8, 4) is 6.07 Å². The van der Waals surface area contributed by atoms with Crippen LogP contribution in [0.3, 0.4) is 0 Å². The number of benzene rings is 1. The number of nitrogens with zero attached hydrogens (tertiary/aromatic N) is 1. The van der Waals surface area contributed by atoms with Crippen LogP contribution in [0, 0.1) is 17.1 Å². The van der Waals surface area contributed by atoms with Crippen LogP contribution < -0.4 is 0 Å². The van der Waals surface area contributed by atoms with Crippen molar-refractivity contribution in [3.63, 3.8) is 0 Å². The molecule has 0 saturated carbocycles. The lowest BCUT2D eigenvalue weighted by atomic mass is 10.0. The second-order valence-electron chi connectivity index (χ2n) is 2.71. The summed E-state index contributed by atoms with van der Waals surface area (Å²) in [6, 6.07) is 3.98. The highest BCUT2D eigenvalue weighted by Crippen LogP contribution is 2.15. The molecule has 0 radical (unpaired) electrons. The zero-order chi connectivity index (χ0) is 10.7. The third-order valence-corrected chi connectivity index (χ3v) is 1.74. The molecule has 70 valence electrons. The van der Waals surface area contributed by atoms with E-state index in [0.29, 0.717) is 0 Å². The lowest BCUT2D eigenvalue weighted by molar-refractivity contribution is 0.101. The molecule has 0 heterocycles. The predicted octanol–water partition coefficient (Wildman–Crippen LogP) is 1.71. The summed E-state index contributed by atoms with van der Waals surface area (Å²) in [5.41, 5.74) is -0.404. The minimum atomic E-state index is -0.869. The van der Waals surface area contributed by atoms with Gasteiger partial charge in [0.1, 0.15) is 5.82 Å². The Labute approximate surface area is 79.8 Å². The molecule has 0 spiro atoms. The maximum Gasteiger partial charge on any atom is 0.162 e. The summed E-state index contributed by atoms with van der Waals surface area (Å²) in [6.07, 6.45) is 0.280. The summed E-state index contributed by atoms with van der Waals surface area (Å²) in [6.45, 7) is 1.17. The first-order valence-corrected chi connectivity index (χ1v) is 3.80. The lowest BCUT2D eigenvalue weighted by Gasteiger charge is -2.01. The average Bonchev–Trinajstić information content (AvgIpc) is 2.17. The quantitative estimate of drug-likeness (QED) is 0.528. The van der Waals surface area contributed by atoms with Gasteiger partial charge in [-0.15, -0.1) is 0 Å². The van der Waals surface area contributed by atoms with Gasteiger partial charge in [-0.05, 0) is 19.1 Å². The van der Waals surface area contributed by atoms with Gasteiger partial charge in [0.25, 0.3) is 0 Å². The Balaban J connectivity index is 3.51. The molecule has 0 N–H and O–H groups in total. The van der Waals surface area contributed by atoms with Crippen molar-refractivity contribution in [2.45, 2.75) is 6.92 Å². The molecule has 1 aromatic carbocycles. The summed E-state index contributed by atoms with van der Waals surface area (Å²) >= 11 is 0. The summed E-state index contributed by atoms with van der Waals surface area (Å²) in [4.78, 5) is 21.3.